The van der Waals surface area contributed by atoms with Crippen LogP contribution in [0.25, 0.3) is 10.2 Å². The van der Waals surface area contributed by atoms with Gasteiger partial charge in [-0.05, 0) is 30.7 Å². The van der Waals surface area contributed by atoms with E-state index < -0.39 is 5.97 Å². The quantitative estimate of drug-likeness (QED) is 0.904. The summed E-state index contributed by atoms with van der Waals surface area (Å²) in [6.45, 7) is 6.36. The molecule has 1 unspecified atom stereocenters. The largest absolute Gasteiger partial charge is 0.477 e. The van der Waals surface area contributed by atoms with E-state index in [2.05, 4.69) is 29.1 Å². The van der Waals surface area contributed by atoms with Crippen molar-refractivity contribution in [1.82, 2.24) is 9.97 Å². The highest BCUT2D eigenvalue weighted by atomic mass is 32.1. The number of aromatic carboxylic acids is 1. The van der Waals surface area contributed by atoms with Crippen molar-refractivity contribution in [3.8, 4) is 0 Å². The fourth-order valence-electron chi connectivity index (χ4n) is 3.14. The molecule has 112 valence electrons. The number of carbonyl (C=O) groups is 1. The topological polar surface area (TPSA) is 75.1 Å². The molecule has 0 aromatic carbocycles. The Hall–Kier alpha value is -1.69. The number of aryl methyl sites for hydroxylation is 1. The molecule has 0 aliphatic heterocycles. The average Bonchev–Trinajstić information content (AvgIpc) is 2.92. The highest BCUT2D eigenvalue weighted by Gasteiger charge is 2.35. The van der Waals surface area contributed by atoms with Crippen LogP contribution in [0.2, 0.25) is 0 Å². The lowest BCUT2D eigenvalue weighted by Crippen LogP contribution is -2.31. The summed E-state index contributed by atoms with van der Waals surface area (Å²) in [7, 11) is 0. The molecule has 2 aromatic heterocycles. The summed E-state index contributed by atoms with van der Waals surface area (Å²) in [6, 6.07) is 0.364. The van der Waals surface area contributed by atoms with Crippen molar-refractivity contribution in [1.29, 1.82) is 0 Å². The number of carboxylic acid groups (broad SMARTS) is 1. The lowest BCUT2D eigenvalue weighted by atomic mass is 9.87. The van der Waals surface area contributed by atoms with Gasteiger partial charge >= 0.3 is 5.97 Å². The molecule has 1 aliphatic carbocycles. The van der Waals surface area contributed by atoms with E-state index in [1.54, 1.807) is 0 Å². The van der Waals surface area contributed by atoms with Crippen LogP contribution in [0, 0.1) is 12.3 Å². The lowest BCUT2D eigenvalue weighted by molar-refractivity contribution is 0.0701. The lowest BCUT2D eigenvalue weighted by Gasteiger charge is -2.28. The predicted molar refractivity (Wildman–Crippen MR) is 84.2 cm³/mol. The minimum Gasteiger partial charge on any atom is -0.477 e. The molecule has 1 saturated carbocycles. The summed E-state index contributed by atoms with van der Waals surface area (Å²) in [5.74, 6) is -0.135. The third kappa shape index (κ3) is 2.37. The first-order valence-electron chi connectivity index (χ1n) is 7.14. The summed E-state index contributed by atoms with van der Waals surface area (Å²) in [6.07, 6.45) is 5.03. The molecule has 2 heterocycles. The Balaban J connectivity index is 2.05. The molecule has 5 nitrogen and oxygen atoms in total. The van der Waals surface area contributed by atoms with Crippen molar-refractivity contribution in [3.63, 3.8) is 0 Å². The van der Waals surface area contributed by atoms with E-state index >= 15 is 0 Å². The van der Waals surface area contributed by atoms with Gasteiger partial charge in [-0.2, -0.15) is 0 Å². The summed E-state index contributed by atoms with van der Waals surface area (Å²) in [5, 5.41) is 13.6. The number of aromatic nitrogens is 2. The summed E-state index contributed by atoms with van der Waals surface area (Å²) in [5.41, 5.74) is 0.984. The van der Waals surface area contributed by atoms with Gasteiger partial charge in [-0.3, -0.25) is 0 Å². The van der Waals surface area contributed by atoms with Gasteiger partial charge in [-0.1, -0.05) is 20.3 Å². The maximum atomic E-state index is 11.3. The molecule has 0 radical (unpaired) electrons. The smallest absolute Gasteiger partial charge is 0.346 e. The number of rotatable bonds is 3. The van der Waals surface area contributed by atoms with E-state index in [0.717, 1.165) is 28.0 Å². The van der Waals surface area contributed by atoms with Crippen LogP contribution in [-0.2, 0) is 0 Å². The Bertz CT molecular complexity index is 708. The van der Waals surface area contributed by atoms with E-state index in [0.29, 0.717) is 10.9 Å². The third-order valence-corrected chi connectivity index (χ3v) is 5.68. The second kappa shape index (κ2) is 4.94. The zero-order chi connectivity index (χ0) is 15.2. The molecule has 0 amide bonds. The predicted octanol–water partition coefficient (Wildman–Crippen LogP) is 3.69. The van der Waals surface area contributed by atoms with Crippen molar-refractivity contribution >= 4 is 33.3 Å². The molecule has 6 heteroatoms. The Kier molecular flexibility index (Phi) is 3.36. The van der Waals surface area contributed by atoms with E-state index in [4.69, 9.17) is 0 Å². The van der Waals surface area contributed by atoms with Gasteiger partial charge in [0.1, 0.15) is 21.9 Å². The first-order valence-corrected chi connectivity index (χ1v) is 7.96. The second-order valence-electron chi connectivity index (χ2n) is 6.34. The maximum absolute atomic E-state index is 11.3. The van der Waals surface area contributed by atoms with Gasteiger partial charge in [0, 0.05) is 6.04 Å². The van der Waals surface area contributed by atoms with E-state index in [1.165, 1.54) is 30.5 Å². The van der Waals surface area contributed by atoms with Crippen LogP contribution in [0.4, 0.5) is 5.82 Å². The van der Waals surface area contributed by atoms with Crippen molar-refractivity contribution in [3.05, 3.63) is 16.8 Å². The van der Waals surface area contributed by atoms with Crippen LogP contribution in [0.3, 0.4) is 0 Å². The van der Waals surface area contributed by atoms with Crippen molar-refractivity contribution in [2.45, 2.75) is 46.1 Å². The van der Waals surface area contributed by atoms with Crippen LogP contribution in [-0.4, -0.2) is 27.1 Å². The van der Waals surface area contributed by atoms with Crippen LogP contribution in [0.5, 0.6) is 0 Å². The molecule has 1 fully saturated rings. The highest BCUT2D eigenvalue weighted by molar-refractivity contribution is 7.20. The molecule has 0 spiro atoms. The Morgan fingerprint density at radius 1 is 1.48 bits per heavy atom. The van der Waals surface area contributed by atoms with E-state index in [9.17, 15) is 9.90 Å². The summed E-state index contributed by atoms with van der Waals surface area (Å²) in [4.78, 5) is 21.0. The molecular weight excluding hydrogens is 286 g/mol. The van der Waals surface area contributed by atoms with Gasteiger partial charge < -0.3 is 10.4 Å². The summed E-state index contributed by atoms with van der Waals surface area (Å²) < 4.78 is 0. The molecule has 21 heavy (non-hydrogen) atoms. The minimum absolute atomic E-state index is 0.233. The number of nitrogens with zero attached hydrogens (tertiary/aromatic N) is 2. The van der Waals surface area contributed by atoms with E-state index in [1.807, 2.05) is 6.92 Å². The van der Waals surface area contributed by atoms with Crippen molar-refractivity contribution < 1.29 is 9.90 Å². The molecule has 0 bridgehead atoms. The molecule has 0 saturated heterocycles. The first-order chi connectivity index (χ1) is 9.90. The van der Waals surface area contributed by atoms with Crippen LogP contribution < -0.4 is 5.32 Å². The number of carboxylic acids is 1. The maximum Gasteiger partial charge on any atom is 0.346 e. The average molecular weight is 305 g/mol. The number of hydrogen-bond donors (Lipinski definition) is 2. The molecule has 1 aliphatic rings. The number of nitrogens with one attached hydrogen (secondary N) is 1. The molecule has 3 rings (SSSR count). The fraction of sp³-hybridized carbons (Fsp3) is 0.533. The van der Waals surface area contributed by atoms with Gasteiger partial charge in [0.25, 0.3) is 0 Å². The molecule has 2 N–H and O–H groups in total. The number of fused-ring (bicyclic) bond motifs is 1. The molecule has 2 aromatic rings. The third-order valence-electron chi connectivity index (χ3n) is 4.49. The first kappa shape index (κ1) is 14.3. The zero-order valence-electron chi connectivity index (χ0n) is 12.4. The number of thiophene rings is 1. The number of hydrogen-bond acceptors (Lipinski definition) is 5. The highest BCUT2D eigenvalue weighted by Crippen LogP contribution is 2.40. The van der Waals surface area contributed by atoms with Crippen molar-refractivity contribution in [2.75, 3.05) is 5.32 Å². The Morgan fingerprint density at radius 3 is 2.86 bits per heavy atom. The minimum atomic E-state index is -0.900. The van der Waals surface area contributed by atoms with Crippen LogP contribution >= 0.6 is 11.3 Å². The Morgan fingerprint density at radius 2 is 2.24 bits per heavy atom. The normalized spacial score (nSPS) is 20.8. The summed E-state index contributed by atoms with van der Waals surface area (Å²) >= 11 is 1.21. The fourth-order valence-corrected chi connectivity index (χ4v) is 4.13. The number of anilines is 1. The van der Waals surface area contributed by atoms with E-state index in [-0.39, 0.29) is 5.41 Å². The van der Waals surface area contributed by atoms with Gasteiger partial charge in [-0.15, -0.1) is 11.3 Å². The zero-order valence-corrected chi connectivity index (χ0v) is 13.3. The standard InChI is InChI=1S/C15H19N3O2S/c1-8-10-12(18-9-5-4-6-15(9,2)3)16-7-17-13(10)21-11(8)14(19)20/h7,9H,4-6H2,1-3H3,(H,19,20)(H,16,17,18). The van der Waals surface area contributed by atoms with Gasteiger partial charge in [0.15, 0.2) is 0 Å². The second-order valence-corrected chi connectivity index (χ2v) is 7.34. The SMILES string of the molecule is Cc1c(C(=O)O)sc2ncnc(NC3CCCC3(C)C)c12. The Labute approximate surface area is 127 Å². The van der Waals surface area contributed by atoms with Gasteiger partial charge in [0.05, 0.1) is 5.39 Å². The van der Waals surface area contributed by atoms with Gasteiger partial charge in [-0.25, -0.2) is 14.8 Å². The van der Waals surface area contributed by atoms with Gasteiger partial charge in [0.2, 0.25) is 0 Å². The monoisotopic (exact) mass is 305 g/mol. The van der Waals surface area contributed by atoms with Crippen LogP contribution in [0.15, 0.2) is 6.33 Å². The molecule has 1 atom stereocenters. The van der Waals surface area contributed by atoms with Crippen molar-refractivity contribution in [2.24, 2.45) is 5.41 Å². The molecular formula is C15H19N3O2S. The van der Waals surface area contributed by atoms with Crippen LogP contribution in [0.1, 0.15) is 48.3 Å².